The zero-order valence-electron chi connectivity index (χ0n) is 22.3. The maximum absolute atomic E-state index is 13.1. The number of nitrogens with zero attached hydrogens (tertiary/aromatic N) is 4. The molecule has 3 heterocycles. The standard InChI is InChI=1S/C25H36N4O3.C2HF3O2/c1-26-10-12-27(13-11-26)23(30)18-20-19-25(22-5-3-2-4-21(20)22)6-8-28(9-7-25)24(31)29-14-16-32-17-15-29;3-2(4,5)1(6)7/h2-5,20H,6-19H2,1H3;(H,6,7). The third kappa shape index (κ3) is 6.84. The minimum atomic E-state index is -5.08. The molecule has 1 aliphatic carbocycles. The first kappa shape index (κ1) is 29.1. The average molecular weight is 555 g/mol. The van der Waals surface area contributed by atoms with Gasteiger partial charge in [0.25, 0.3) is 0 Å². The van der Waals surface area contributed by atoms with Crippen molar-refractivity contribution in [1.82, 2.24) is 19.6 Å². The second-order valence-corrected chi connectivity index (χ2v) is 10.8. The quantitative estimate of drug-likeness (QED) is 0.605. The highest BCUT2D eigenvalue weighted by Crippen LogP contribution is 2.52. The fourth-order valence-corrected chi connectivity index (χ4v) is 6.16. The van der Waals surface area contributed by atoms with Crippen LogP contribution >= 0.6 is 0 Å². The number of carbonyl (C=O) groups excluding carboxylic acids is 2. The molecule has 0 bridgehead atoms. The van der Waals surface area contributed by atoms with Gasteiger partial charge in [-0.1, -0.05) is 24.3 Å². The van der Waals surface area contributed by atoms with Crippen molar-refractivity contribution in [3.8, 4) is 0 Å². The molecule has 0 aromatic heterocycles. The van der Waals surface area contributed by atoms with E-state index in [9.17, 15) is 22.8 Å². The molecule has 4 aliphatic rings. The minimum absolute atomic E-state index is 0.103. The lowest BCUT2D eigenvalue weighted by molar-refractivity contribution is -0.192. The molecule has 1 unspecified atom stereocenters. The number of benzene rings is 1. The van der Waals surface area contributed by atoms with E-state index in [0.717, 1.165) is 58.5 Å². The van der Waals surface area contributed by atoms with Crippen LogP contribution < -0.4 is 0 Å². The van der Waals surface area contributed by atoms with Gasteiger partial charge in [0, 0.05) is 58.8 Å². The number of hydrogen-bond donors (Lipinski definition) is 1. The zero-order chi connectivity index (χ0) is 28.2. The summed E-state index contributed by atoms with van der Waals surface area (Å²) >= 11 is 0. The second kappa shape index (κ2) is 12.1. The summed E-state index contributed by atoms with van der Waals surface area (Å²) < 4.78 is 37.1. The normalized spacial score (nSPS) is 23.2. The van der Waals surface area contributed by atoms with Gasteiger partial charge in [-0.15, -0.1) is 0 Å². The van der Waals surface area contributed by atoms with Crippen molar-refractivity contribution < 1.29 is 37.4 Å². The van der Waals surface area contributed by atoms with Gasteiger partial charge >= 0.3 is 18.2 Å². The van der Waals surface area contributed by atoms with Gasteiger partial charge in [-0.3, -0.25) is 4.79 Å². The van der Waals surface area contributed by atoms with Crippen LogP contribution in [0.2, 0.25) is 0 Å². The van der Waals surface area contributed by atoms with Crippen LogP contribution in [0.4, 0.5) is 18.0 Å². The predicted molar refractivity (Wildman–Crippen MR) is 136 cm³/mol. The van der Waals surface area contributed by atoms with Gasteiger partial charge in [-0.05, 0) is 48.8 Å². The average Bonchev–Trinajstić information content (AvgIpc) is 3.22. The lowest BCUT2D eigenvalue weighted by atomic mass is 9.73. The fraction of sp³-hybridized carbons (Fsp3) is 0.667. The molecular weight excluding hydrogens is 517 g/mol. The first-order valence-corrected chi connectivity index (χ1v) is 13.5. The second-order valence-electron chi connectivity index (χ2n) is 10.8. The van der Waals surface area contributed by atoms with Crippen molar-refractivity contribution in [3.63, 3.8) is 0 Å². The number of rotatable bonds is 2. The molecule has 1 aromatic carbocycles. The molecule has 5 rings (SSSR count). The Labute approximate surface area is 226 Å². The summed E-state index contributed by atoms with van der Waals surface area (Å²) in [5.74, 6) is -2.16. The number of aliphatic carboxylic acids is 1. The summed E-state index contributed by atoms with van der Waals surface area (Å²) in [5.41, 5.74) is 2.89. The Hall–Kier alpha value is -2.86. The Kier molecular flexibility index (Phi) is 9.05. The van der Waals surface area contributed by atoms with E-state index in [-0.39, 0.29) is 11.4 Å². The topological polar surface area (TPSA) is 93.6 Å². The largest absolute Gasteiger partial charge is 0.490 e. The molecule has 12 heteroatoms. The molecule has 1 atom stereocenters. The van der Waals surface area contributed by atoms with E-state index in [0.29, 0.717) is 44.5 Å². The minimum Gasteiger partial charge on any atom is -0.475 e. The van der Waals surface area contributed by atoms with Gasteiger partial charge in [0.05, 0.1) is 13.2 Å². The molecular formula is C27H37F3N4O5. The maximum atomic E-state index is 13.1. The Balaban J connectivity index is 0.000000448. The first-order valence-electron chi connectivity index (χ1n) is 13.5. The van der Waals surface area contributed by atoms with Gasteiger partial charge in [0.1, 0.15) is 0 Å². The monoisotopic (exact) mass is 554 g/mol. The third-order valence-corrected chi connectivity index (χ3v) is 8.40. The predicted octanol–water partition coefficient (Wildman–Crippen LogP) is 2.76. The van der Waals surface area contributed by atoms with E-state index < -0.39 is 12.1 Å². The molecule has 216 valence electrons. The molecule has 3 saturated heterocycles. The van der Waals surface area contributed by atoms with E-state index >= 15 is 0 Å². The van der Waals surface area contributed by atoms with E-state index in [1.807, 2.05) is 9.80 Å². The van der Waals surface area contributed by atoms with E-state index in [1.54, 1.807) is 0 Å². The summed E-state index contributed by atoms with van der Waals surface area (Å²) in [7, 11) is 2.12. The van der Waals surface area contributed by atoms with Gasteiger partial charge in [-0.25, -0.2) is 9.59 Å². The summed E-state index contributed by atoms with van der Waals surface area (Å²) in [4.78, 5) is 43.2. The van der Waals surface area contributed by atoms with Crippen molar-refractivity contribution in [2.24, 2.45) is 0 Å². The Morgan fingerprint density at radius 2 is 1.49 bits per heavy atom. The van der Waals surface area contributed by atoms with Gasteiger partial charge in [-0.2, -0.15) is 13.2 Å². The van der Waals surface area contributed by atoms with Crippen LogP contribution in [0.15, 0.2) is 24.3 Å². The number of likely N-dealkylation sites (tertiary alicyclic amines) is 1. The number of amides is 3. The van der Waals surface area contributed by atoms with E-state index in [2.05, 4.69) is 41.1 Å². The smallest absolute Gasteiger partial charge is 0.475 e. The highest BCUT2D eigenvalue weighted by Gasteiger charge is 2.47. The number of piperazine rings is 1. The lowest BCUT2D eigenvalue weighted by Crippen LogP contribution is -2.52. The van der Waals surface area contributed by atoms with Crippen LogP contribution in [0.1, 0.15) is 42.7 Å². The summed E-state index contributed by atoms with van der Waals surface area (Å²) in [6.45, 7) is 7.86. The van der Waals surface area contributed by atoms with Gasteiger partial charge in [0.15, 0.2) is 0 Å². The van der Waals surface area contributed by atoms with Crippen molar-refractivity contribution in [1.29, 1.82) is 0 Å². The molecule has 0 radical (unpaired) electrons. The Morgan fingerprint density at radius 1 is 0.923 bits per heavy atom. The number of carboxylic acids is 1. The number of halogens is 3. The van der Waals surface area contributed by atoms with Crippen LogP contribution in [0, 0.1) is 0 Å². The number of hydrogen-bond acceptors (Lipinski definition) is 5. The summed E-state index contributed by atoms with van der Waals surface area (Å²) in [5, 5.41) is 7.12. The van der Waals surface area contributed by atoms with Crippen LogP contribution in [0.5, 0.6) is 0 Å². The maximum Gasteiger partial charge on any atom is 0.490 e. The zero-order valence-corrected chi connectivity index (χ0v) is 22.3. The van der Waals surface area contributed by atoms with Crippen molar-refractivity contribution in [2.45, 2.75) is 43.2 Å². The molecule has 1 N–H and O–H groups in total. The Morgan fingerprint density at radius 3 is 2.08 bits per heavy atom. The van der Waals surface area contributed by atoms with Crippen molar-refractivity contribution in [2.75, 3.05) is 72.6 Å². The molecule has 3 amide bonds. The molecule has 3 fully saturated rings. The number of urea groups is 1. The van der Waals surface area contributed by atoms with Crippen LogP contribution in [-0.2, 0) is 19.7 Å². The number of alkyl halides is 3. The highest BCUT2D eigenvalue weighted by atomic mass is 19.4. The number of carbonyl (C=O) groups is 3. The number of morpholine rings is 1. The number of fused-ring (bicyclic) bond motifs is 2. The van der Waals surface area contributed by atoms with Crippen LogP contribution in [0.3, 0.4) is 0 Å². The first-order chi connectivity index (χ1) is 18.5. The van der Waals surface area contributed by atoms with Gasteiger partial charge in [0.2, 0.25) is 5.91 Å². The summed E-state index contributed by atoms with van der Waals surface area (Å²) in [6, 6.07) is 8.92. The number of ether oxygens (including phenoxy) is 1. The van der Waals surface area contributed by atoms with E-state index in [1.165, 1.54) is 11.1 Å². The number of carboxylic acid groups (broad SMARTS) is 1. The molecule has 39 heavy (non-hydrogen) atoms. The lowest BCUT2D eigenvalue weighted by Gasteiger charge is -2.42. The van der Waals surface area contributed by atoms with Crippen molar-refractivity contribution in [3.05, 3.63) is 35.4 Å². The molecule has 1 aromatic rings. The van der Waals surface area contributed by atoms with Crippen molar-refractivity contribution >= 4 is 17.9 Å². The molecule has 9 nitrogen and oxygen atoms in total. The van der Waals surface area contributed by atoms with Crippen LogP contribution in [0.25, 0.3) is 0 Å². The molecule has 0 saturated carbocycles. The SMILES string of the molecule is CN1CCN(C(=O)CC2CC3(CCN(C(=O)N4CCOCC4)CC3)c3ccccc32)CC1.O=C(O)C(F)(F)F. The third-order valence-electron chi connectivity index (χ3n) is 8.40. The summed E-state index contributed by atoms with van der Waals surface area (Å²) in [6.07, 6.45) is -1.47. The highest BCUT2D eigenvalue weighted by molar-refractivity contribution is 5.78. The Bertz CT molecular complexity index is 1030. The van der Waals surface area contributed by atoms with E-state index in [4.69, 9.17) is 14.6 Å². The number of likely N-dealkylation sites (N-methyl/N-ethyl adjacent to an activating group) is 1. The van der Waals surface area contributed by atoms with Gasteiger partial charge < -0.3 is 29.4 Å². The number of piperidine rings is 1. The fourth-order valence-electron chi connectivity index (χ4n) is 6.16. The molecule has 1 spiro atoms. The van der Waals surface area contributed by atoms with Crippen LogP contribution in [-0.4, -0.2) is 121 Å². The molecule has 3 aliphatic heterocycles.